The Morgan fingerprint density at radius 2 is 1.83 bits per heavy atom. The van der Waals surface area contributed by atoms with Crippen molar-refractivity contribution in [3.05, 3.63) is 12.2 Å². The number of aliphatic hydroxyl groups is 3. The normalized spacial score (nSPS) is 25.7. The molecule has 1 aliphatic rings. The molecule has 3 N–H and O–H groups in total. The van der Waals surface area contributed by atoms with E-state index in [2.05, 4.69) is 6.92 Å². The Morgan fingerprint density at radius 3 is 2.54 bits per heavy atom. The van der Waals surface area contributed by atoms with Gasteiger partial charge in [-0.15, -0.1) is 0 Å². The van der Waals surface area contributed by atoms with Gasteiger partial charge in [-0.25, -0.2) is 0 Å². The van der Waals surface area contributed by atoms with Crippen LogP contribution in [0.25, 0.3) is 0 Å². The summed E-state index contributed by atoms with van der Waals surface area (Å²) >= 11 is 0. The topological polar surface area (TPSA) is 77.8 Å². The third-order valence-corrected chi connectivity index (χ3v) is 5.08. The smallest absolute Gasteiger partial charge is 0.142 e. The summed E-state index contributed by atoms with van der Waals surface area (Å²) < 4.78 is 0. The molecule has 2 unspecified atom stereocenters. The van der Waals surface area contributed by atoms with Crippen LogP contribution in [0.3, 0.4) is 0 Å². The van der Waals surface area contributed by atoms with Gasteiger partial charge in [-0.05, 0) is 25.2 Å². The molecule has 140 valence electrons. The quantitative estimate of drug-likeness (QED) is 0.355. The number of carbonyl (C=O) groups excluding carboxylic acids is 1. The van der Waals surface area contributed by atoms with Crippen LogP contribution in [0.5, 0.6) is 0 Å². The summed E-state index contributed by atoms with van der Waals surface area (Å²) in [6.45, 7) is 2.39. The van der Waals surface area contributed by atoms with Crippen LogP contribution in [0.1, 0.15) is 77.6 Å². The van der Waals surface area contributed by atoms with E-state index in [0.29, 0.717) is 0 Å². The largest absolute Gasteiger partial charge is 0.396 e. The van der Waals surface area contributed by atoms with Crippen molar-refractivity contribution >= 4 is 5.78 Å². The third kappa shape index (κ3) is 7.91. The van der Waals surface area contributed by atoms with Gasteiger partial charge in [0.1, 0.15) is 5.78 Å². The van der Waals surface area contributed by atoms with Crippen molar-refractivity contribution in [2.45, 2.75) is 89.8 Å². The molecular formula is C20H36O4. The zero-order valence-electron chi connectivity index (χ0n) is 15.2. The number of unbranched alkanes of at least 4 members (excludes halogenated alkanes) is 6. The molecule has 1 saturated carbocycles. The number of carbonyl (C=O) groups is 1. The average Bonchev–Trinajstić information content (AvgIpc) is 2.82. The van der Waals surface area contributed by atoms with Crippen LogP contribution in [-0.4, -0.2) is 39.9 Å². The molecule has 0 radical (unpaired) electrons. The van der Waals surface area contributed by atoms with Crippen LogP contribution in [0.2, 0.25) is 0 Å². The van der Waals surface area contributed by atoms with Gasteiger partial charge < -0.3 is 15.3 Å². The number of hydrogen-bond acceptors (Lipinski definition) is 4. The lowest BCUT2D eigenvalue weighted by atomic mass is 9.88. The van der Waals surface area contributed by atoms with Crippen LogP contribution >= 0.6 is 0 Å². The summed E-state index contributed by atoms with van der Waals surface area (Å²) in [6.07, 6.45) is 12.7. The summed E-state index contributed by atoms with van der Waals surface area (Å²) in [5.74, 6) is -0.141. The van der Waals surface area contributed by atoms with E-state index >= 15 is 0 Å². The minimum Gasteiger partial charge on any atom is -0.396 e. The standard InChI is InChI=1S/C20H36O4/c1-2-3-7-10-16(22)12-13-18-17(19(23)15-20(18)24)11-8-5-4-6-9-14-21/h12-13,16-19,21-23H,2-11,14-15H2,1H3/b13-12+/t16?,17-,18-,19?/m1/s1. The van der Waals surface area contributed by atoms with Gasteiger partial charge in [-0.3, -0.25) is 4.79 Å². The first-order valence-electron chi connectivity index (χ1n) is 9.78. The maximum absolute atomic E-state index is 12.1. The predicted molar refractivity (Wildman–Crippen MR) is 96.7 cm³/mol. The fraction of sp³-hybridized carbons (Fsp3) is 0.850. The number of hydrogen-bond donors (Lipinski definition) is 3. The Hall–Kier alpha value is -0.710. The van der Waals surface area contributed by atoms with E-state index in [4.69, 9.17) is 5.11 Å². The highest BCUT2D eigenvalue weighted by Gasteiger charge is 2.39. The lowest BCUT2D eigenvalue weighted by Gasteiger charge is -2.18. The molecule has 0 aromatic carbocycles. The fourth-order valence-corrected chi connectivity index (χ4v) is 3.56. The van der Waals surface area contributed by atoms with E-state index in [0.717, 1.165) is 64.2 Å². The van der Waals surface area contributed by atoms with Gasteiger partial charge in [0, 0.05) is 18.9 Å². The fourth-order valence-electron chi connectivity index (χ4n) is 3.56. The second-order valence-electron chi connectivity index (χ2n) is 7.16. The van der Waals surface area contributed by atoms with Crippen LogP contribution in [-0.2, 0) is 4.79 Å². The maximum atomic E-state index is 12.1. The van der Waals surface area contributed by atoms with E-state index in [1.807, 2.05) is 6.08 Å². The summed E-state index contributed by atoms with van der Waals surface area (Å²) in [6, 6.07) is 0. The third-order valence-electron chi connectivity index (χ3n) is 5.08. The number of Topliss-reactive ketones (excluding diaryl/α,β-unsaturated/α-hetero) is 1. The molecule has 0 aromatic heterocycles. The van der Waals surface area contributed by atoms with Crippen molar-refractivity contribution in [1.29, 1.82) is 0 Å². The molecule has 0 aromatic rings. The van der Waals surface area contributed by atoms with Gasteiger partial charge in [0.25, 0.3) is 0 Å². The molecule has 24 heavy (non-hydrogen) atoms. The summed E-state index contributed by atoms with van der Waals surface area (Å²) in [5, 5.41) is 28.9. The molecule has 0 amide bonds. The summed E-state index contributed by atoms with van der Waals surface area (Å²) in [7, 11) is 0. The van der Waals surface area contributed by atoms with Gasteiger partial charge in [0.15, 0.2) is 0 Å². The predicted octanol–water partition coefficient (Wildman–Crippen LogP) is 3.38. The van der Waals surface area contributed by atoms with Crippen LogP contribution in [0.15, 0.2) is 12.2 Å². The Labute approximate surface area is 147 Å². The average molecular weight is 341 g/mol. The van der Waals surface area contributed by atoms with Crippen LogP contribution in [0.4, 0.5) is 0 Å². The van der Waals surface area contributed by atoms with E-state index in [-0.39, 0.29) is 30.6 Å². The molecule has 4 atom stereocenters. The first kappa shape index (κ1) is 21.3. The van der Waals surface area contributed by atoms with Crippen LogP contribution in [0, 0.1) is 11.8 Å². The van der Waals surface area contributed by atoms with E-state index < -0.39 is 12.2 Å². The number of rotatable bonds is 13. The van der Waals surface area contributed by atoms with Crippen molar-refractivity contribution in [2.75, 3.05) is 6.61 Å². The highest BCUT2D eigenvalue weighted by atomic mass is 16.3. The molecule has 0 aliphatic heterocycles. The van der Waals surface area contributed by atoms with Crippen LogP contribution < -0.4 is 0 Å². The van der Waals surface area contributed by atoms with Gasteiger partial charge in [0.05, 0.1) is 12.2 Å². The number of allylic oxidation sites excluding steroid dienone is 1. The van der Waals surface area contributed by atoms with E-state index in [1.165, 1.54) is 0 Å². The first-order chi connectivity index (χ1) is 11.6. The highest BCUT2D eigenvalue weighted by molar-refractivity contribution is 5.85. The van der Waals surface area contributed by atoms with Crippen molar-refractivity contribution in [3.63, 3.8) is 0 Å². The minimum absolute atomic E-state index is 0.00515. The molecular weight excluding hydrogens is 304 g/mol. The van der Waals surface area contributed by atoms with E-state index in [9.17, 15) is 15.0 Å². The molecule has 1 fully saturated rings. The lowest BCUT2D eigenvalue weighted by molar-refractivity contribution is -0.120. The second kappa shape index (κ2) is 12.6. The minimum atomic E-state index is -0.540. The lowest BCUT2D eigenvalue weighted by Crippen LogP contribution is -2.19. The molecule has 4 heteroatoms. The molecule has 0 spiro atoms. The van der Waals surface area contributed by atoms with Gasteiger partial charge in [-0.1, -0.05) is 64.0 Å². The Morgan fingerprint density at radius 1 is 1.12 bits per heavy atom. The molecule has 4 nitrogen and oxygen atoms in total. The summed E-state index contributed by atoms with van der Waals surface area (Å²) in [5.41, 5.74) is 0. The van der Waals surface area contributed by atoms with Gasteiger partial charge >= 0.3 is 0 Å². The second-order valence-corrected chi connectivity index (χ2v) is 7.16. The molecule has 1 aliphatic carbocycles. The Balaban J connectivity index is 2.40. The van der Waals surface area contributed by atoms with Crippen molar-refractivity contribution in [3.8, 4) is 0 Å². The summed E-state index contributed by atoms with van der Waals surface area (Å²) in [4.78, 5) is 12.1. The number of aliphatic hydroxyl groups excluding tert-OH is 3. The van der Waals surface area contributed by atoms with Crippen molar-refractivity contribution < 1.29 is 20.1 Å². The SMILES string of the molecule is CCCCCC(O)/C=C/[C@H]1C(=O)CC(O)[C@@H]1CCCCCCCO. The molecule has 0 bridgehead atoms. The number of ketones is 1. The highest BCUT2D eigenvalue weighted by Crippen LogP contribution is 2.34. The van der Waals surface area contributed by atoms with Gasteiger partial charge in [0.2, 0.25) is 0 Å². The zero-order valence-corrected chi connectivity index (χ0v) is 15.2. The molecule has 1 rings (SSSR count). The molecule has 0 saturated heterocycles. The molecule has 0 heterocycles. The van der Waals surface area contributed by atoms with Gasteiger partial charge in [-0.2, -0.15) is 0 Å². The van der Waals surface area contributed by atoms with Crippen molar-refractivity contribution in [2.24, 2.45) is 11.8 Å². The van der Waals surface area contributed by atoms with Crippen molar-refractivity contribution in [1.82, 2.24) is 0 Å². The van der Waals surface area contributed by atoms with E-state index in [1.54, 1.807) is 6.08 Å². The monoisotopic (exact) mass is 340 g/mol. The maximum Gasteiger partial charge on any atom is 0.142 e. The zero-order chi connectivity index (χ0) is 17.8. The first-order valence-corrected chi connectivity index (χ1v) is 9.78. The Bertz CT molecular complexity index is 367. The Kier molecular flexibility index (Phi) is 11.2.